The van der Waals surface area contributed by atoms with E-state index >= 15 is 0 Å². The lowest BCUT2D eigenvalue weighted by Gasteiger charge is -2.15. The molecule has 9 aromatic rings. The molecule has 0 aliphatic rings. The van der Waals surface area contributed by atoms with Crippen molar-refractivity contribution in [3.63, 3.8) is 0 Å². The first-order valence-electron chi connectivity index (χ1n) is 16.8. The summed E-state index contributed by atoms with van der Waals surface area (Å²) in [4.78, 5) is 15.3. The van der Waals surface area contributed by atoms with E-state index in [1.54, 1.807) is 0 Å². The van der Waals surface area contributed by atoms with E-state index < -0.39 is 0 Å². The van der Waals surface area contributed by atoms with Crippen molar-refractivity contribution in [3.05, 3.63) is 175 Å². The fraction of sp³-hybridized carbons (Fsp3) is 0.0217. The van der Waals surface area contributed by atoms with Gasteiger partial charge in [-0.15, -0.1) is 0 Å². The Balaban J connectivity index is 1.24. The van der Waals surface area contributed by atoms with Crippen LogP contribution >= 0.6 is 0 Å². The van der Waals surface area contributed by atoms with E-state index in [4.69, 9.17) is 19.4 Å². The summed E-state index contributed by atoms with van der Waals surface area (Å²) in [6.45, 7) is 2.15. The van der Waals surface area contributed by atoms with Crippen molar-refractivity contribution < 1.29 is 4.42 Å². The van der Waals surface area contributed by atoms with Gasteiger partial charge in [0, 0.05) is 27.5 Å². The Hall–Kier alpha value is -6.65. The van der Waals surface area contributed by atoms with Gasteiger partial charge in [-0.1, -0.05) is 140 Å². The standard InChI is InChI=1S/C46H31N3O/c1-30-14-11-12-21-36(30)34-24-26-38(40(28-34)32-17-7-3-8-18-32)46-48-44(33-19-9-4-10-20-33)47-45(49-46)35-25-27-39-42(29-35)50-41-23-13-22-37(43(39)41)31-15-5-2-6-16-31/h2-29H,1H3. The van der Waals surface area contributed by atoms with Gasteiger partial charge >= 0.3 is 0 Å². The highest BCUT2D eigenvalue weighted by molar-refractivity contribution is 6.13. The van der Waals surface area contributed by atoms with Crippen molar-refractivity contribution in [2.45, 2.75) is 6.92 Å². The number of furan rings is 1. The normalized spacial score (nSPS) is 11.3. The zero-order valence-electron chi connectivity index (χ0n) is 27.4. The molecule has 0 radical (unpaired) electrons. The molecular weight excluding hydrogens is 611 g/mol. The van der Waals surface area contributed by atoms with Crippen LogP contribution in [0.3, 0.4) is 0 Å². The molecule has 0 saturated carbocycles. The molecule has 0 atom stereocenters. The van der Waals surface area contributed by atoms with Gasteiger partial charge in [0.1, 0.15) is 11.2 Å². The number of aryl methyl sites for hydroxylation is 1. The number of nitrogens with zero attached hydrogens (tertiary/aromatic N) is 3. The van der Waals surface area contributed by atoms with E-state index in [2.05, 4.69) is 122 Å². The molecule has 236 valence electrons. The van der Waals surface area contributed by atoms with Gasteiger partial charge in [0.15, 0.2) is 17.5 Å². The van der Waals surface area contributed by atoms with E-state index in [9.17, 15) is 0 Å². The molecule has 2 aromatic heterocycles. The number of hydrogen-bond acceptors (Lipinski definition) is 4. The number of fused-ring (bicyclic) bond motifs is 3. The van der Waals surface area contributed by atoms with Crippen LogP contribution in [0.25, 0.3) is 89.5 Å². The zero-order chi connectivity index (χ0) is 33.4. The predicted molar refractivity (Wildman–Crippen MR) is 204 cm³/mol. The van der Waals surface area contributed by atoms with Crippen LogP contribution in [-0.4, -0.2) is 15.0 Å². The van der Waals surface area contributed by atoms with Crippen LogP contribution in [0.15, 0.2) is 174 Å². The smallest absolute Gasteiger partial charge is 0.164 e. The minimum absolute atomic E-state index is 0.585. The van der Waals surface area contributed by atoms with Crippen LogP contribution in [0.5, 0.6) is 0 Å². The summed E-state index contributed by atoms with van der Waals surface area (Å²) in [7, 11) is 0. The second-order valence-electron chi connectivity index (χ2n) is 12.5. The van der Waals surface area contributed by atoms with Gasteiger partial charge in [-0.25, -0.2) is 15.0 Å². The summed E-state index contributed by atoms with van der Waals surface area (Å²) >= 11 is 0. The van der Waals surface area contributed by atoms with E-state index in [1.165, 1.54) is 11.1 Å². The van der Waals surface area contributed by atoms with Crippen LogP contribution in [-0.2, 0) is 0 Å². The third-order valence-electron chi connectivity index (χ3n) is 9.31. The molecule has 0 aliphatic carbocycles. The summed E-state index contributed by atoms with van der Waals surface area (Å²) < 4.78 is 6.48. The molecule has 0 fully saturated rings. The second-order valence-corrected chi connectivity index (χ2v) is 12.5. The average molecular weight is 642 g/mol. The Labute approximate surface area is 290 Å². The summed E-state index contributed by atoms with van der Waals surface area (Å²) in [6, 6.07) is 58.5. The fourth-order valence-electron chi connectivity index (χ4n) is 6.83. The molecule has 0 aliphatic heterocycles. The highest BCUT2D eigenvalue weighted by Gasteiger charge is 2.19. The highest BCUT2D eigenvalue weighted by Crippen LogP contribution is 2.39. The topological polar surface area (TPSA) is 51.8 Å². The molecule has 4 nitrogen and oxygen atoms in total. The van der Waals surface area contributed by atoms with Gasteiger partial charge in [0.2, 0.25) is 0 Å². The number of hydrogen-bond donors (Lipinski definition) is 0. The molecule has 0 spiro atoms. The van der Waals surface area contributed by atoms with Crippen LogP contribution in [0.4, 0.5) is 0 Å². The lowest BCUT2D eigenvalue weighted by Crippen LogP contribution is -2.01. The Morgan fingerprint density at radius 1 is 0.360 bits per heavy atom. The molecule has 0 saturated heterocycles. The zero-order valence-corrected chi connectivity index (χ0v) is 27.4. The average Bonchev–Trinajstić information content (AvgIpc) is 3.57. The lowest BCUT2D eigenvalue weighted by atomic mass is 9.92. The van der Waals surface area contributed by atoms with Crippen molar-refractivity contribution in [1.82, 2.24) is 15.0 Å². The van der Waals surface area contributed by atoms with Crippen LogP contribution < -0.4 is 0 Å². The summed E-state index contributed by atoms with van der Waals surface area (Å²) in [5.41, 5.74) is 12.4. The van der Waals surface area contributed by atoms with E-state index in [-0.39, 0.29) is 0 Å². The lowest BCUT2D eigenvalue weighted by molar-refractivity contribution is 0.669. The Bertz CT molecular complexity index is 2650. The number of aromatic nitrogens is 3. The van der Waals surface area contributed by atoms with Crippen molar-refractivity contribution in [2.75, 3.05) is 0 Å². The van der Waals surface area contributed by atoms with Crippen LogP contribution in [0.2, 0.25) is 0 Å². The first-order chi connectivity index (χ1) is 24.7. The Morgan fingerprint density at radius 2 is 0.940 bits per heavy atom. The molecule has 0 unspecified atom stereocenters. The molecule has 0 N–H and O–H groups in total. The SMILES string of the molecule is Cc1ccccc1-c1ccc(-c2nc(-c3ccccc3)nc(-c3ccc4c(c3)oc3cccc(-c5ccccc5)c34)n2)c(-c2ccccc2)c1. The van der Waals surface area contributed by atoms with Gasteiger partial charge in [-0.05, 0) is 76.2 Å². The third-order valence-corrected chi connectivity index (χ3v) is 9.31. The monoisotopic (exact) mass is 641 g/mol. The third kappa shape index (κ3) is 5.33. The van der Waals surface area contributed by atoms with Gasteiger partial charge < -0.3 is 4.42 Å². The first kappa shape index (κ1) is 29.5. The molecule has 50 heavy (non-hydrogen) atoms. The van der Waals surface area contributed by atoms with Crippen LogP contribution in [0, 0.1) is 6.92 Å². The summed E-state index contributed by atoms with van der Waals surface area (Å²) in [5.74, 6) is 1.81. The number of rotatable bonds is 6. The van der Waals surface area contributed by atoms with Gasteiger partial charge in [0.25, 0.3) is 0 Å². The summed E-state index contributed by atoms with van der Waals surface area (Å²) in [6.07, 6.45) is 0. The van der Waals surface area contributed by atoms with Crippen molar-refractivity contribution in [3.8, 4) is 67.5 Å². The second kappa shape index (κ2) is 12.4. The molecule has 4 heteroatoms. The van der Waals surface area contributed by atoms with Crippen molar-refractivity contribution in [1.29, 1.82) is 0 Å². The van der Waals surface area contributed by atoms with Gasteiger partial charge in [-0.2, -0.15) is 0 Å². The Kier molecular flexibility index (Phi) is 7.33. The van der Waals surface area contributed by atoms with E-state index in [0.717, 1.165) is 66.4 Å². The maximum Gasteiger partial charge on any atom is 0.164 e. The van der Waals surface area contributed by atoms with Gasteiger partial charge in [-0.3, -0.25) is 0 Å². The maximum atomic E-state index is 6.48. The minimum atomic E-state index is 0.585. The minimum Gasteiger partial charge on any atom is -0.456 e. The molecule has 0 amide bonds. The summed E-state index contributed by atoms with van der Waals surface area (Å²) in [5, 5.41) is 2.15. The van der Waals surface area contributed by atoms with Crippen molar-refractivity contribution in [2.24, 2.45) is 0 Å². The highest BCUT2D eigenvalue weighted by atomic mass is 16.3. The fourth-order valence-corrected chi connectivity index (χ4v) is 6.83. The first-order valence-corrected chi connectivity index (χ1v) is 16.8. The van der Waals surface area contributed by atoms with E-state index in [0.29, 0.717) is 17.5 Å². The quantitative estimate of drug-likeness (QED) is 0.181. The largest absolute Gasteiger partial charge is 0.456 e. The number of benzene rings is 7. The van der Waals surface area contributed by atoms with Crippen molar-refractivity contribution >= 4 is 21.9 Å². The van der Waals surface area contributed by atoms with E-state index in [1.807, 2.05) is 54.6 Å². The molecule has 7 aromatic carbocycles. The van der Waals surface area contributed by atoms with Crippen LogP contribution in [0.1, 0.15) is 5.56 Å². The molecule has 2 heterocycles. The molecule has 9 rings (SSSR count). The maximum absolute atomic E-state index is 6.48. The molecular formula is C46H31N3O. The Morgan fingerprint density at radius 3 is 1.66 bits per heavy atom. The molecule has 0 bridgehead atoms. The van der Waals surface area contributed by atoms with Gasteiger partial charge in [0.05, 0.1) is 0 Å². The predicted octanol–water partition coefficient (Wildman–Crippen LogP) is 12.1.